The van der Waals surface area contributed by atoms with E-state index >= 15 is 0 Å². The molecule has 3 N–H and O–H groups in total. The fourth-order valence-electron chi connectivity index (χ4n) is 2.88. The summed E-state index contributed by atoms with van der Waals surface area (Å²) < 4.78 is 49.1. The van der Waals surface area contributed by atoms with Crippen LogP contribution < -0.4 is 20.5 Å². The number of sulfone groups is 1. The molecule has 0 bridgehead atoms. The number of methoxy groups -OCH3 is 1. The number of ether oxygens (including phenoxy) is 2. The average Bonchev–Trinajstić information content (AvgIpc) is 2.70. The molecule has 0 saturated heterocycles. The van der Waals surface area contributed by atoms with Gasteiger partial charge in [-0.1, -0.05) is 13.8 Å². The molecular weight excluding hydrogens is 423 g/mol. The molecule has 0 aliphatic carbocycles. The first-order valence-electron chi connectivity index (χ1n) is 9.33. The fraction of sp³-hybridized carbons (Fsp3) is 0.238. The van der Waals surface area contributed by atoms with Gasteiger partial charge in [0.05, 0.1) is 13.3 Å². The lowest BCUT2D eigenvalue weighted by Gasteiger charge is -2.19. The number of nitrogens with two attached hydrogens (primary N) is 1. The van der Waals surface area contributed by atoms with Crippen LogP contribution in [0.25, 0.3) is 0 Å². The van der Waals surface area contributed by atoms with Crippen molar-refractivity contribution in [3.63, 3.8) is 0 Å². The molecule has 0 amide bonds. The second kappa shape index (κ2) is 8.76. The summed E-state index contributed by atoms with van der Waals surface area (Å²) in [4.78, 5) is 8.13. The van der Waals surface area contributed by atoms with Crippen LogP contribution >= 0.6 is 0 Å². The summed E-state index contributed by atoms with van der Waals surface area (Å²) in [5, 5.41) is 3.01. The van der Waals surface area contributed by atoms with E-state index in [1.165, 1.54) is 43.6 Å². The van der Waals surface area contributed by atoms with Gasteiger partial charge >= 0.3 is 0 Å². The van der Waals surface area contributed by atoms with Crippen LogP contribution in [0, 0.1) is 5.82 Å². The fourth-order valence-corrected chi connectivity index (χ4v) is 3.71. The molecule has 164 valence electrons. The highest BCUT2D eigenvalue weighted by molar-refractivity contribution is 7.90. The Balaban J connectivity index is 2.08. The van der Waals surface area contributed by atoms with Gasteiger partial charge in [-0.15, -0.1) is 0 Å². The first-order valence-corrected chi connectivity index (χ1v) is 11.2. The van der Waals surface area contributed by atoms with Crippen molar-refractivity contribution in [2.75, 3.05) is 24.4 Å². The number of nitrogens with zero attached hydrogens (tertiary/aromatic N) is 2. The minimum absolute atomic E-state index is 0.000665. The van der Waals surface area contributed by atoms with Gasteiger partial charge in [0.1, 0.15) is 22.2 Å². The molecular formula is C21H23FN4O4S. The number of rotatable bonds is 7. The van der Waals surface area contributed by atoms with E-state index in [0.29, 0.717) is 11.4 Å². The Morgan fingerprint density at radius 3 is 2.35 bits per heavy atom. The van der Waals surface area contributed by atoms with Gasteiger partial charge in [-0.3, -0.25) is 0 Å². The summed E-state index contributed by atoms with van der Waals surface area (Å²) >= 11 is 0. The zero-order valence-corrected chi connectivity index (χ0v) is 18.3. The van der Waals surface area contributed by atoms with Gasteiger partial charge in [-0.25, -0.2) is 17.8 Å². The third-order valence-electron chi connectivity index (χ3n) is 4.42. The van der Waals surface area contributed by atoms with Gasteiger partial charge < -0.3 is 20.5 Å². The number of nitrogen functional groups attached to an aromatic ring is 1. The first-order chi connectivity index (χ1) is 14.6. The van der Waals surface area contributed by atoms with E-state index in [-0.39, 0.29) is 39.9 Å². The number of aromatic nitrogens is 2. The summed E-state index contributed by atoms with van der Waals surface area (Å²) in [5.41, 5.74) is 7.01. The molecule has 10 heteroatoms. The Kier molecular flexibility index (Phi) is 6.30. The SMILES string of the molecule is COc1cc(C(C)C)c(Oc2cnc(N)nc2Nc2ccc(F)cc2)cc1S(C)(=O)=O. The highest BCUT2D eigenvalue weighted by Gasteiger charge is 2.22. The molecule has 31 heavy (non-hydrogen) atoms. The van der Waals surface area contributed by atoms with Crippen molar-refractivity contribution in [1.29, 1.82) is 0 Å². The molecule has 0 unspecified atom stereocenters. The molecule has 0 radical (unpaired) electrons. The van der Waals surface area contributed by atoms with Crippen LogP contribution in [0.3, 0.4) is 0 Å². The van der Waals surface area contributed by atoms with Crippen molar-refractivity contribution in [3.05, 3.63) is 54.0 Å². The first kappa shape index (κ1) is 22.3. The van der Waals surface area contributed by atoms with E-state index in [2.05, 4.69) is 15.3 Å². The van der Waals surface area contributed by atoms with Crippen molar-refractivity contribution in [1.82, 2.24) is 9.97 Å². The topological polar surface area (TPSA) is 116 Å². The smallest absolute Gasteiger partial charge is 0.222 e. The van der Waals surface area contributed by atoms with Gasteiger partial charge in [0.15, 0.2) is 21.4 Å². The molecule has 1 aromatic heterocycles. The van der Waals surface area contributed by atoms with Gasteiger partial charge in [-0.05, 0) is 36.2 Å². The normalized spacial score (nSPS) is 11.4. The summed E-state index contributed by atoms with van der Waals surface area (Å²) in [7, 11) is -2.17. The predicted molar refractivity (Wildman–Crippen MR) is 116 cm³/mol. The molecule has 0 atom stereocenters. The van der Waals surface area contributed by atoms with E-state index in [1.54, 1.807) is 6.07 Å². The van der Waals surface area contributed by atoms with E-state index in [9.17, 15) is 12.8 Å². The van der Waals surface area contributed by atoms with Crippen molar-refractivity contribution >= 4 is 27.3 Å². The minimum atomic E-state index is -3.58. The quantitative estimate of drug-likeness (QED) is 0.553. The Bertz CT molecular complexity index is 1200. The van der Waals surface area contributed by atoms with Crippen molar-refractivity contribution < 1.29 is 22.3 Å². The van der Waals surface area contributed by atoms with Crippen LogP contribution in [-0.2, 0) is 9.84 Å². The Morgan fingerprint density at radius 1 is 1.10 bits per heavy atom. The Labute approximate surface area is 180 Å². The zero-order valence-electron chi connectivity index (χ0n) is 17.5. The zero-order chi connectivity index (χ0) is 22.8. The molecule has 0 fully saturated rings. The van der Waals surface area contributed by atoms with Crippen LogP contribution in [0.2, 0.25) is 0 Å². The largest absolute Gasteiger partial charge is 0.495 e. The molecule has 8 nitrogen and oxygen atoms in total. The lowest BCUT2D eigenvalue weighted by atomic mass is 10.0. The molecule has 2 aromatic carbocycles. The molecule has 0 aliphatic heterocycles. The summed E-state index contributed by atoms with van der Waals surface area (Å²) in [6.45, 7) is 3.89. The van der Waals surface area contributed by atoms with E-state index < -0.39 is 9.84 Å². The van der Waals surface area contributed by atoms with Crippen LogP contribution in [0.5, 0.6) is 17.2 Å². The van der Waals surface area contributed by atoms with E-state index in [4.69, 9.17) is 15.2 Å². The van der Waals surface area contributed by atoms with Crippen LogP contribution in [0.4, 0.5) is 21.8 Å². The molecule has 0 spiro atoms. The maximum atomic E-state index is 13.2. The monoisotopic (exact) mass is 446 g/mol. The van der Waals surface area contributed by atoms with Crippen molar-refractivity contribution in [3.8, 4) is 17.2 Å². The molecule has 0 saturated carbocycles. The Hall–Kier alpha value is -3.40. The standard InChI is InChI=1S/C21H23FN4O4S/c1-12(2)15-9-17(29-3)19(31(4,27)28)10-16(15)30-18-11-24-21(23)26-20(18)25-14-7-5-13(22)6-8-14/h5-12H,1-4H3,(H3,23,24,25,26). The maximum Gasteiger partial charge on any atom is 0.222 e. The van der Waals surface area contributed by atoms with Crippen LogP contribution in [0.15, 0.2) is 47.5 Å². The van der Waals surface area contributed by atoms with Gasteiger partial charge in [0.2, 0.25) is 5.95 Å². The number of hydrogen-bond donors (Lipinski definition) is 2. The van der Waals surface area contributed by atoms with Gasteiger partial charge in [0, 0.05) is 23.6 Å². The van der Waals surface area contributed by atoms with Gasteiger partial charge in [-0.2, -0.15) is 4.98 Å². The molecule has 0 aliphatic rings. The lowest BCUT2D eigenvalue weighted by molar-refractivity contribution is 0.398. The molecule has 3 rings (SSSR count). The average molecular weight is 447 g/mol. The Morgan fingerprint density at radius 2 is 1.77 bits per heavy atom. The van der Waals surface area contributed by atoms with Gasteiger partial charge in [0.25, 0.3) is 0 Å². The number of anilines is 3. The number of nitrogens with one attached hydrogen (secondary N) is 1. The lowest BCUT2D eigenvalue weighted by Crippen LogP contribution is -2.06. The van der Waals surface area contributed by atoms with E-state index in [0.717, 1.165) is 11.8 Å². The minimum Gasteiger partial charge on any atom is -0.495 e. The van der Waals surface area contributed by atoms with Crippen molar-refractivity contribution in [2.24, 2.45) is 0 Å². The van der Waals surface area contributed by atoms with Crippen LogP contribution in [0.1, 0.15) is 25.3 Å². The summed E-state index contributed by atoms with van der Waals surface area (Å²) in [6.07, 6.45) is 2.47. The van der Waals surface area contributed by atoms with E-state index in [1.807, 2.05) is 13.8 Å². The highest BCUT2D eigenvalue weighted by Crippen LogP contribution is 2.39. The molecule has 3 aromatic rings. The summed E-state index contributed by atoms with van der Waals surface area (Å²) in [5.74, 6) is 0.629. The second-order valence-corrected chi connectivity index (χ2v) is 9.13. The maximum absolute atomic E-state index is 13.2. The number of halogens is 1. The summed E-state index contributed by atoms with van der Waals surface area (Å²) in [6, 6.07) is 8.72. The third kappa shape index (κ3) is 5.21. The highest BCUT2D eigenvalue weighted by atomic mass is 32.2. The number of benzene rings is 2. The second-order valence-electron chi connectivity index (χ2n) is 7.14. The number of hydrogen-bond acceptors (Lipinski definition) is 8. The van der Waals surface area contributed by atoms with Crippen LogP contribution in [-0.4, -0.2) is 31.8 Å². The van der Waals surface area contributed by atoms with Crippen molar-refractivity contribution in [2.45, 2.75) is 24.7 Å². The molecule has 1 heterocycles. The predicted octanol–water partition coefficient (Wildman–Crippen LogP) is 4.27. The third-order valence-corrected chi connectivity index (χ3v) is 5.54.